The van der Waals surface area contributed by atoms with Crippen LogP contribution in [0.4, 0.5) is 4.39 Å². The van der Waals surface area contributed by atoms with Gasteiger partial charge in [0.05, 0.1) is 6.04 Å². The smallest absolute Gasteiger partial charge is 0.223 e. The van der Waals surface area contributed by atoms with Crippen molar-refractivity contribution in [3.8, 4) is 0 Å². The van der Waals surface area contributed by atoms with Crippen molar-refractivity contribution in [1.82, 2.24) is 10.6 Å². The van der Waals surface area contributed by atoms with E-state index in [2.05, 4.69) is 10.6 Å². The molecule has 0 spiro atoms. The summed E-state index contributed by atoms with van der Waals surface area (Å²) in [5.41, 5.74) is 0.920. The third-order valence-electron chi connectivity index (χ3n) is 3.66. The van der Waals surface area contributed by atoms with Crippen molar-refractivity contribution in [2.24, 2.45) is 11.8 Å². The van der Waals surface area contributed by atoms with Crippen molar-refractivity contribution in [3.63, 3.8) is 0 Å². The fourth-order valence-electron chi connectivity index (χ4n) is 2.06. The zero-order valence-corrected chi connectivity index (χ0v) is 10.7. The van der Waals surface area contributed by atoms with E-state index in [9.17, 15) is 9.18 Å². The van der Waals surface area contributed by atoms with E-state index in [-0.39, 0.29) is 23.7 Å². The summed E-state index contributed by atoms with van der Waals surface area (Å²) in [5.74, 6) is 0.268. The van der Waals surface area contributed by atoms with E-state index < -0.39 is 0 Å². The molecule has 1 unspecified atom stereocenters. The number of amides is 1. The molecule has 0 radical (unpaired) electrons. The number of hydrogen-bond acceptors (Lipinski definition) is 2. The van der Waals surface area contributed by atoms with Crippen LogP contribution in [0.1, 0.15) is 25.5 Å². The Bertz CT molecular complexity index is 414. The lowest BCUT2D eigenvalue weighted by Gasteiger charge is -2.32. The van der Waals surface area contributed by atoms with Crippen molar-refractivity contribution in [1.29, 1.82) is 0 Å². The van der Waals surface area contributed by atoms with Gasteiger partial charge in [-0.05, 0) is 43.6 Å². The predicted octanol–water partition coefficient (Wildman–Crippen LogP) is 1.86. The van der Waals surface area contributed by atoms with Crippen LogP contribution in [-0.4, -0.2) is 19.0 Å². The molecular weight excluding hydrogens is 231 g/mol. The molecule has 1 saturated heterocycles. The van der Waals surface area contributed by atoms with Crippen LogP contribution >= 0.6 is 0 Å². The first-order valence-corrected chi connectivity index (χ1v) is 6.34. The third kappa shape index (κ3) is 2.88. The number of nitrogens with one attached hydrogen (secondary N) is 2. The predicted molar refractivity (Wildman–Crippen MR) is 68.5 cm³/mol. The summed E-state index contributed by atoms with van der Waals surface area (Å²) in [6.07, 6.45) is 0. The molecule has 0 aromatic heterocycles. The fraction of sp³-hybridized carbons (Fsp3) is 0.500. The topological polar surface area (TPSA) is 41.1 Å². The molecule has 1 fully saturated rings. The normalized spacial score (nSPS) is 18.8. The van der Waals surface area contributed by atoms with Crippen molar-refractivity contribution in [2.75, 3.05) is 13.1 Å². The Morgan fingerprint density at radius 1 is 1.33 bits per heavy atom. The summed E-state index contributed by atoms with van der Waals surface area (Å²) in [6, 6.07) is 6.15. The molecule has 1 aliphatic heterocycles. The molecule has 2 atom stereocenters. The average molecular weight is 250 g/mol. The molecule has 3 nitrogen and oxygen atoms in total. The molecule has 1 aromatic rings. The number of hydrogen-bond donors (Lipinski definition) is 2. The summed E-state index contributed by atoms with van der Waals surface area (Å²) in [5, 5.41) is 6.14. The minimum absolute atomic E-state index is 0.0224. The Kier molecular flexibility index (Phi) is 3.97. The highest BCUT2D eigenvalue weighted by molar-refractivity contribution is 5.79. The molecule has 0 aliphatic carbocycles. The van der Waals surface area contributed by atoms with Gasteiger partial charge in [-0.15, -0.1) is 0 Å². The summed E-state index contributed by atoms with van der Waals surface area (Å²) in [7, 11) is 0. The monoisotopic (exact) mass is 250 g/mol. The fourth-order valence-corrected chi connectivity index (χ4v) is 2.06. The van der Waals surface area contributed by atoms with Crippen LogP contribution in [0.25, 0.3) is 0 Å². The van der Waals surface area contributed by atoms with Gasteiger partial charge in [-0.1, -0.05) is 19.1 Å². The van der Waals surface area contributed by atoms with Gasteiger partial charge in [0, 0.05) is 5.92 Å². The SMILES string of the molecule is CC(C(=O)N[C@@H](C)c1ccc(F)cc1)C1CNC1. The van der Waals surface area contributed by atoms with Crippen LogP contribution in [-0.2, 0) is 4.79 Å². The van der Waals surface area contributed by atoms with Crippen molar-refractivity contribution >= 4 is 5.91 Å². The van der Waals surface area contributed by atoms with E-state index in [1.807, 2.05) is 13.8 Å². The Hall–Kier alpha value is -1.42. The van der Waals surface area contributed by atoms with Crippen molar-refractivity contribution < 1.29 is 9.18 Å². The van der Waals surface area contributed by atoms with Crippen LogP contribution < -0.4 is 10.6 Å². The lowest BCUT2D eigenvalue weighted by atomic mass is 9.88. The first-order valence-electron chi connectivity index (χ1n) is 6.34. The van der Waals surface area contributed by atoms with E-state index in [1.54, 1.807) is 12.1 Å². The molecular formula is C14H19FN2O. The van der Waals surface area contributed by atoms with Gasteiger partial charge in [0.1, 0.15) is 5.82 Å². The zero-order valence-electron chi connectivity index (χ0n) is 10.7. The summed E-state index contributed by atoms with van der Waals surface area (Å²) in [4.78, 5) is 12.0. The largest absolute Gasteiger partial charge is 0.349 e. The minimum Gasteiger partial charge on any atom is -0.349 e. The van der Waals surface area contributed by atoms with Crippen LogP contribution in [0.3, 0.4) is 0 Å². The highest BCUT2D eigenvalue weighted by atomic mass is 19.1. The Labute approximate surface area is 107 Å². The highest BCUT2D eigenvalue weighted by Crippen LogP contribution is 2.18. The molecule has 0 saturated carbocycles. The number of carbonyl (C=O) groups is 1. The van der Waals surface area contributed by atoms with Gasteiger partial charge >= 0.3 is 0 Å². The van der Waals surface area contributed by atoms with E-state index in [0.29, 0.717) is 5.92 Å². The van der Waals surface area contributed by atoms with Crippen LogP contribution in [0.2, 0.25) is 0 Å². The molecule has 0 bridgehead atoms. The zero-order chi connectivity index (χ0) is 13.1. The van der Waals surface area contributed by atoms with Gasteiger partial charge in [0.25, 0.3) is 0 Å². The van der Waals surface area contributed by atoms with E-state index in [0.717, 1.165) is 18.7 Å². The number of halogens is 1. The summed E-state index contributed by atoms with van der Waals surface area (Å²) < 4.78 is 12.8. The summed E-state index contributed by atoms with van der Waals surface area (Å²) >= 11 is 0. The molecule has 1 aromatic carbocycles. The maximum atomic E-state index is 12.8. The van der Waals surface area contributed by atoms with Gasteiger partial charge in [0.15, 0.2) is 0 Å². The highest BCUT2D eigenvalue weighted by Gasteiger charge is 2.29. The molecule has 1 heterocycles. The van der Waals surface area contributed by atoms with Gasteiger partial charge in [0.2, 0.25) is 5.91 Å². The maximum absolute atomic E-state index is 12.8. The van der Waals surface area contributed by atoms with Crippen LogP contribution in [0, 0.1) is 17.7 Å². The van der Waals surface area contributed by atoms with Gasteiger partial charge < -0.3 is 10.6 Å². The summed E-state index contributed by atoms with van der Waals surface area (Å²) in [6.45, 7) is 5.70. The lowest BCUT2D eigenvalue weighted by molar-refractivity contribution is -0.127. The quantitative estimate of drug-likeness (QED) is 0.856. The molecule has 2 rings (SSSR count). The van der Waals surface area contributed by atoms with E-state index in [1.165, 1.54) is 12.1 Å². The number of benzene rings is 1. The first kappa shape index (κ1) is 13.0. The maximum Gasteiger partial charge on any atom is 0.223 e. The first-order chi connectivity index (χ1) is 8.58. The van der Waals surface area contributed by atoms with Gasteiger partial charge in [-0.25, -0.2) is 4.39 Å². The minimum atomic E-state index is -0.258. The standard InChI is InChI=1S/C14H19FN2O/c1-9(12-7-16-8-12)14(18)17-10(2)11-3-5-13(15)6-4-11/h3-6,9-10,12,16H,7-8H2,1-2H3,(H,17,18)/t9?,10-/m0/s1. The van der Waals surface area contributed by atoms with Crippen molar-refractivity contribution in [3.05, 3.63) is 35.6 Å². The van der Waals surface area contributed by atoms with E-state index >= 15 is 0 Å². The molecule has 98 valence electrons. The van der Waals surface area contributed by atoms with Gasteiger partial charge in [-0.2, -0.15) is 0 Å². The van der Waals surface area contributed by atoms with Gasteiger partial charge in [-0.3, -0.25) is 4.79 Å². The molecule has 1 aliphatic rings. The second kappa shape index (κ2) is 5.48. The Morgan fingerprint density at radius 3 is 2.44 bits per heavy atom. The Morgan fingerprint density at radius 2 is 1.94 bits per heavy atom. The molecule has 4 heteroatoms. The molecule has 1 amide bonds. The van der Waals surface area contributed by atoms with Crippen LogP contribution in [0.5, 0.6) is 0 Å². The Balaban J connectivity index is 1.91. The molecule has 2 N–H and O–H groups in total. The van der Waals surface area contributed by atoms with E-state index in [4.69, 9.17) is 0 Å². The molecule has 18 heavy (non-hydrogen) atoms. The third-order valence-corrected chi connectivity index (χ3v) is 3.66. The van der Waals surface area contributed by atoms with Crippen molar-refractivity contribution in [2.45, 2.75) is 19.9 Å². The van der Waals surface area contributed by atoms with Crippen LogP contribution in [0.15, 0.2) is 24.3 Å². The second-order valence-corrected chi connectivity index (χ2v) is 4.99. The number of rotatable bonds is 4. The average Bonchev–Trinajstić information content (AvgIpc) is 2.27. The lowest BCUT2D eigenvalue weighted by Crippen LogP contribution is -2.49. The number of carbonyl (C=O) groups excluding carboxylic acids is 1. The second-order valence-electron chi connectivity index (χ2n) is 4.99.